The van der Waals surface area contributed by atoms with E-state index in [1.807, 2.05) is 26.0 Å². The van der Waals surface area contributed by atoms with Crippen LogP contribution >= 0.6 is 11.3 Å². The van der Waals surface area contributed by atoms with E-state index in [2.05, 4.69) is 4.72 Å². The van der Waals surface area contributed by atoms with Crippen LogP contribution in [0.25, 0.3) is 0 Å². The van der Waals surface area contributed by atoms with Gasteiger partial charge in [-0.25, -0.2) is 13.2 Å². The summed E-state index contributed by atoms with van der Waals surface area (Å²) in [6, 6.07) is 5.59. The summed E-state index contributed by atoms with van der Waals surface area (Å²) >= 11 is 1.05. The lowest BCUT2D eigenvalue weighted by Gasteiger charge is -2.29. The van der Waals surface area contributed by atoms with Gasteiger partial charge in [-0.3, -0.25) is 9.52 Å². The number of amides is 1. The Morgan fingerprint density at radius 3 is 2.69 bits per heavy atom. The molecular weight excluding hydrogens is 448 g/mol. The van der Waals surface area contributed by atoms with Gasteiger partial charge in [0.05, 0.1) is 19.2 Å². The number of ether oxygens (including phenoxy) is 1. The molecule has 1 amide bonds. The Bertz CT molecular complexity index is 1170. The van der Waals surface area contributed by atoms with E-state index in [1.165, 1.54) is 12.7 Å². The number of hydrogen-bond donors (Lipinski definition) is 1. The van der Waals surface area contributed by atoms with E-state index < -0.39 is 16.0 Å². The summed E-state index contributed by atoms with van der Waals surface area (Å²) in [5, 5.41) is 0. The molecule has 4 rings (SSSR count). The van der Waals surface area contributed by atoms with E-state index in [0.717, 1.165) is 47.5 Å². The number of carbonyl (C=O) groups is 2. The molecule has 2 aliphatic rings. The smallest absolute Gasteiger partial charge is 0.340 e. The molecule has 1 aromatic heterocycles. The van der Waals surface area contributed by atoms with Crippen molar-refractivity contribution >= 4 is 38.9 Å². The average molecular weight is 477 g/mol. The summed E-state index contributed by atoms with van der Waals surface area (Å²) in [4.78, 5) is 27.7. The maximum atomic E-state index is 13.3. The molecule has 0 spiro atoms. The van der Waals surface area contributed by atoms with Crippen molar-refractivity contribution in [3.8, 4) is 0 Å². The number of anilines is 1. The SMILES string of the molecule is CC[C@@H](C)C(=O)N1CCc2c(sc(S(=O)(=O)Nc3ccc4c(c3)CCC4)c2C(=O)OC)C1. The van der Waals surface area contributed by atoms with Gasteiger partial charge in [0.1, 0.15) is 0 Å². The zero-order chi connectivity index (χ0) is 23.0. The van der Waals surface area contributed by atoms with Crippen LogP contribution in [0.4, 0.5) is 5.69 Å². The summed E-state index contributed by atoms with van der Waals surface area (Å²) in [6.45, 7) is 4.62. The number of thiophene rings is 1. The van der Waals surface area contributed by atoms with Crippen LogP contribution < -0.4 is 4.72 Å². The van der Waals surface area contributed by atoms with E-state index in [9.17, 15) is 18.0 Å². The second-order valence-electron chi connectivity index (χ2n) is 8.42. The van der Waals surface area contributed by atoms with Crippen molar-refractivity contribution in [1.82, 2.24) is 4.90 Å². The van der Waals surface area contributed by atoms with E-state index in [-0.39, 0.29) is 21.6 Å². The average Bonchev–Trinajstić information content (AvgIpc) is 3.41. The lowest BCUT2D eigenvalue weighted by atomic mass is 10.0. The Labute approximate surface area is 192 Å². The van der Waals surface area contributed by atoms with Gasteiger partial charge in [0.15, 0.2) is 4.21 Å². The maximum Gasteiger partial charge on any atom is 0.340 e. The predicted octanol–water partition coefficient (Wildman–Crippen LogP) is 3.76. The zero-order valence-electron chi connectivity index (χ0n) is 18.6. The molecule has 0 unspecified atom stereocenters. The monoisotopic (exact) mass is 476 g/mol. The Morgan fingerprint density at radius 2 is 1.97 bits per heavy atom. The highest BCUT2D eigenvalue weighted by molar-refractivity contribution is 7.94. The number of rotatable bonds is 6. The van der Waals surface area contributed by atoms with Gasteiger partial charge in [-0.1, -0.05) is 19.9 Å². The number of esters is 1. The zero-order valence-corrected chi connectivity index (χ0v) is 20.2. The van der Waals surface area contributed by atoms with Crippen molar-refractivity contribution in [2.45, 2.75) is 56.7 Å². The standard InChI is InChI=1S/C23H28N2O5S2/c1-4-14(2)21(26)25-11-10-18-19(13-25)31-23(20(18)22(27)30-3)32(28,29)24-17-9-8-15-6-5-7-16(15)12-17/h8-9,12,14,24H,4-7,10-11,13H2,1-3H3/t14-/m1/s1. The molecule has 9 heteroatoms. The molecule has 1 aliphatic carbocycles. The highest BCUT2D eigenvalue weighted by Crippen LogP contribution is 2.38. The lowest BCUT2D eigenvalue weighted by molar-refractivity contribution is -0.135. The van der Waals surface area contributed by atoms with Crippen LogP contribution in [0.3, 0.4) is 0 Å². The van der Waals surface area contributed by atoms with E-state index in [1.54, 1.807) is 11.0 Å². The quantitative estimate of drug-likeness (QED) is 0.641. The third-order valence-electron chi connectivity index (χ3n) is 6.35. The van der Waals surface area contributed by atoms with E-state index >= 15 is 0 Å². The number of fused-ring (bicyclic) bond motifs is 2. The summed E-state index contributed by atoms with van der Waals surface area (Å²) in [5.41, 5.74) is 3.66. The van der Waals surface area contributed by atoms with Gasteiger partial charge < -0.3 is 9.64 Å². The first-order valence-electron chi connectivity index (χ1n) is 10.9. The van der Waals surface area contributed by atoms with Gasteiger partial charge in [-0.2, -0.15) is 0 Å². The van der Waals surface area contributed by atoms with Crippen LogP contribution in [-0.4, -0.2) is 38.8 Å². The minimum atomic E-state index is -4.01. The number of nitrogens with one attached hydrogen (secondary N) is 1. The Kier molecular flexibility index (Phi) is 6.31. The highest BCUT2D eigenvalue weighted by Gasteiger charge is 2.35. The molecule has 1 aliphatic heterocycles. The molecule has 0 saturated heterocycles. The molecule has 172 valence electrons. The van der Waals surface area contributed by atoms with Crippen molar-refractivity contribution in [2.75, 3.05) is 18.4 Å². The van der Waals surface area contributed by atoms with Gasteiger partial charge in [0.25, 0.3) is 10.0 Å². The molecule has 1 atom stereocenters. The number of carbonyl (C=O) groups excluding carboxylic acids is 2. The lowest BCUT2D eigenvalue weighted by Crippen LogP contribution is -2.38. The highest BCUT2D eigenvalue weighted by atomic mass is 32.2. The molecule has 0 radical (unpaired) electrons. The summed E-state index contributed by atoms with van der Waals surface area (Å²) in [5.74, 6) is -0.716. The number of hydrogen-bond acceptors (Lipinski definition) is 6. The number of methoxy groups -OCH3 is 1. The first-order chi connectivity index (χ1) is 15.2. The minimum Gasteiger partial charge on any atom is -0.465 e. The molecule has 7 nitrogen and oxygen atoms in total. The molecular formula is C23H28N2O5S2. The number of sulfonamides is 1. The summed E-state index contributed by atoms with van der Waals surface area (Å²) < 4.78 is 34.2. The van der Waals surface area contributed by atoms with E-state index in [4.69, 9.17) is 4.74 Å². The third-order valence-corrected chi connectivity index (χ3v) is 9.47. The van der Waals surface area contributed by atoms with Crippen LogP contribution in [0.1, 0.15) is 58.6 Å². The number of nitrogens with zero attached hydrogens (tertiary/aromatic N) is 1. The van der Waals surface area contributed by atoms with Crippen LogP contribution in [0.15, 0.2) is 22.4 Å². The van der Waals surface area contributed by atoms with Crippen molar-refractivity contribution in [1.29, 1.82) is 0 Å². The van der Waals surface area contributed by atoms with Gasteiger partial charge in [0, 0.05) is 23.0 Å². The van der Waals surface area contributed by atoms with Gasteiger partial charge in [-0.05, 0) is 60.9 Å². The number of benzene rings is 1. The van der Waals surface area contributed by atoms with Crippen molar-refractivity contribution in [2.24, 2.45) is 5.92 Å². The second kappa shape index (κ2) is 8.86. The largest absolute Gasteiger partial charge is 0.465 e. The molecule has 2 aromatic rings. The third kappa shape index (κ3) is 4.15. The first kappa shape index (κ1) is 22.8. The topological polar surface area (TPSA) is 92.8 Å². The minimum absolute atomic E-state index is 0.0480. The van der Waals surface area contributed by atoms with Crippen LogP contribution in [0.5, 0.6) is 0 Å². The van der Waals surface area contributed by atoms with Gasteiger partial charge in [-0.15, -0.1) is 11.3 Å². The second-order valence-corrected chi connectivity index (χ2v) is 11.4. The molecule has 0 saturated carbocycles. The Hall–Kier alpha value is -2.39. The van der Waals surface area contributed by atoms with Crippen LogP contribution in [0.2, 0.25) is 0 Å². The maximum absolute atomic E-state index is 13.3. The van der Waals surface area contributed by atoms with E-state index in [0.29, 0.717) is 30.8 Å². The molecule has 1 aromatic carbocycles. The fraction of sp³-hybridized carbons (Fsp3) is 0.478. The Morgan fingerprint density at radius 1 is 1.22 bits per heavy atom. The predicted molar refractivity (Wildman–Crippen MR) is 124 cm³/mol. The normalized spacial score (nSPS) is 16.3. The van der Waals surface area contributed by atoms with Gasteiger partial charge in [0.2, 0.25) is 5.91 Å². The molecule has 0 bridgehead atoms. The molecule has 1 N–H and O–H groups in total. The van der Waals surface area contributed by atoms with Crippen LogP contribution in [0, 0.1) is 5.92 Å². The molecule has 32 heavy (non-hydrogen) atoms. The fourth-order valence-corrected chi connectivity index (χ4v) is 7.34. The first-order valence-corrected chi connectivity index (χ1v) is 13.2. The molecule has 2 heterocycles. The van der Waals surface area contributed by atoms with Crippen molar-refractivity contribution < 1.29 is 22.7 Å². The summed E-state index contributed by atoms with van der Waals surface area (Å²) in [7, 11) is -2.76. The van der Waals surface area contributed by atoms with Crippen molar-refractivity contribution in [3.05, 3.63) is 45.3 Å². The Balaban J connectivity index is 1.68. The molecule has 0 fully saturated rings. The van der Waals surface area contributed by atoms with Crippen molar-refractivity contribution in [3.63, 3.8) is 0 Å². The van der Waals surface area contributed by atoms with Crippen LogP contribution in [-0.2, 0) is 45.4 Å². The fourth-order valence-electron chi connectivity index (χ4n) is 4.39. The summed E-state index contributed by atoms with van der Waals surface area (Å²) in [6.07, 6.45) is 4.18. The van der Waals surface area contributed by atoms with Gasteiger partial charge >= 0.3 is 5.97 Å². The number of aryl methyl sites for hydroxylation is 2.